The third-order valence-electron chi connectivity index (χ3n) is 3.88. The van der Waals surface area contributed by atoms with Crippen molar-refractivity contribution in [3.8, 4) is 0 Å². The van der Waals surface area contributed by atoms with Crippen molar-refractivity contribution in [3.05, 3.63) is 0 Å². The molecule has 0 N–H and O–H groups in total. The van der Waals surface area contributed by atoms with E-state index in [9.17, 15) is 13.2 Å². The van der Waals surface area contributed by atoms with Crippen molar-refractivity contribution in [2.75, 3.05) is 21.3 Å². The van der Waals surface area contributed by atoms with E-state index in [-0.39, 0.29) is 18.9 Å². The first-order chi connectivity index (χ1) is 8.37. The predicted octanol–water partition coefficient (Wildman–Crippen LogP) is 2.82. The lowest BCUT2D eigenvalue weighted by Crippen LogP contribution is -2.76. The van der Waals surface area contributed by atoms with Crippen molar-refractivity contribution in [2.24, 2.45) is 0 Å². The van der Waals surface area contributed by atoms with Crippen molar-refractivity contribution >= 4 is 8.56 Å². The fourth-order valence-electron chi connectivity index (χ4n) is 2.93. The zero-order valence-electron chi connectivity index (χ0n) is 11.3. The van der Waals surface area contributed by atoms with Gasteiger partial charge in [-0.25, -0.2) is 13.2 Å². The molecule has 0 saturated carbocycles. The van der Waals surface area contributed by atoms with Crippen LogP contribution in [0.1, 0.15) is 26.2 Å². The van der Waals surface area contributed by atoms with Crippen molar-refractivity contribution < 1.29 is 26.8 Å². The fraction of sp³-hybridized carbons (Fsp3) is 1.00. The second kappa shape index (κ2) is 5.48. The number of hydrogen-bond acceptors (Lipinski definition) is 3. The smallest absolute Gasteiger partial charge is 0.377 e. The number of ether oxygens (including phenoxy) is 1. The zero-order valence-corrected chi connectivity index (χ0v) is 12.3. The quantitative estimate of drug-likeness (QED) is 0.727. The summed E-state index contributed by atoms with van der Waals surface area (Å²) in [5.74, 6) is -3.59. The SMILES string of the molecule is CCCC1(OC)C(F)(F)C(F)CC[Si]1(OC)OC. The van der Waals surface area contributed by atoms with Crippen LogP contribution in [0.5, 0.6) is 0 Å². The van der Waals surface area contributed by atoms with E-state index in [2.05, 4.69) is 0 Å². The number of halogens is 3. The molecule has 7 heteroatoms. The van der Waals surface area contributed by atoms with Crippen LogP contribution in [0.15, 0.2) is 0 Å². The molecule has 1 saturated heterocycles. The zero-order chi connectivity index (χ0) is 14.0. The molecule has 1 aliphatic rings. The molecule has 0 aromatic carbocycles. The van der Waals surface area contributed by atoms with Crippen molar-refractivity contribution in [3.63, 3.8) is 0 Å². The minimum absolute atomic E-state index is 0.0187. The Morgan fingerprint density at radius 2 is 1.78 bits per heavy atom. The fourth-order valence-corrected chi connectivity index (χ4v) is 6.80. The van der Waals surface area contributed by atoms with Crippen LogP contribution in [0.3, 0.4) is 0 Å². The van der Waals surface area contributed by atoms with E-state index in [1.807, 2.05) is 0 Å². The van der Waals surface area contributed by atoms with E-state index < -0.39 is 25.9 Å². The second-order valence-electron chi connectivity index (χ2n) is 4.57. The highest BCUT2D eigenvalue weighted by molar-refractivity contribution is 6.71. The van der Waals surface area contributed by atoms with Crippen LogP contribution in [0.25, 0.3) is 0 Å². The molecule has 1 fully saturated rings. The van der Waals surface area contributed by atoms with E-state index in [0.717, 1.165) is 0 Å². The summed E-state index contributed by atoms with van der Waals surface area (Å²) in [6.45, 7) is 1.75. The highest BCUT2D eigenvalue weighted by Gasteiger charge is 2.75. The minimum Gasteiger partial charge on any atom is -0.396 e. The molecule has 0 aromatic heterocycles. The summed E-state index contributed by atoms with van der Waals surface area (Å²) in [6.07, 6.45) is -2.01. The standard InChI is InChI=1S/C11H21F3O3Si/c1-5-7-10(15-2)11(13,14)9(12)6-8-18(10,16-3)17-4/h9H,5-8H2,1-4H3. The van der Waals surface area contributed by atoms with Crippen molar-refractivity contribution in [2.45, 2.75) is 49.5 Å². The van der Waals surface area contributed by atoms with Gasteiger partial charge in [0.1, 0.15) is 0 Å². The highest BCUT2D eigenvalue weighted by Crippen LogP contribution is 2.52. The lowest BCUT2D eigenvalue weighted by molar-refractivity contribution is -0.217. The summed E-state index contributed by atoms with van der Waals surface area (Å²) >= 11 is 0. The van der Waals surface area contributed by atoms with Gasteiger partial charge < -0.3 is 13.6 Å². The Balaban J connectivity index is 3.35. The Kier molecular flexibility index (Phi) is 4.85. The molecule has 0 radical (unpaired) electrons. The third kappa shape index (κ3) is 1.91. The summed E-state index contributed by atoms with van der Waals surface area (Å²) in [5, 5.41) is -1.96. The summed E-state index contributed by atoms with van der Waals surface area (Å²) in [5.41, 5.74) is 0. The van der Waals surface area contributed by atoms with Crippen molar-refractivity contribution in [1.82, 2.24) is 0 Å². The Labute approximate surface area is 107 Å². The molecule has 1 aliphatic heterocycles. The first-order valence-corrected chi connectivity index (χ1v) is 8.07. The van der Waals surface area contributed by atoms with Crippen LogP contribution in [-0.2, 0) is 13.6 Å². The largest absolute Gasteiger partial charge is 0.396 e. The van der Waals surface area contributed by atoms with Crippen LogP contribution in [0.2, 0.25) is 6.04 Å². The molecule has 0 aliphatic carbocycles. The summed E-state index contributed by atoms with van der Waals surface area (Å²) in [4.78, 5) is 0. The third-order valence-corrected chi connectivity index (χ3v) is 8.17. The van der Waals surface area contributed by atoms with E-state index in [4.69, 9.17) is 13.6 Å². The molecule has 0 bridgehead atoms. The Morgan fingerprint density at radius 1 is 1.22 bits per heavy atom. The lowest BCUT2D eigenvalue weighted by Gasteiger charge is -2.52. The van der Waals surface area contributed by atoms with Gasteiger partial charge in [-0.2, -0.15) is 0 Å². The van der Waals surface area contributed by atoms with Gasteiger partial charge in [0.15, 0.2) is 11.4 Å². The van der Waals surface area contributed by atoms with E-state index in [1.165, 1.54) is 21.3 Å². The molecule has 0 spiro atoms. The maximum absolute atomic E-state index is 14.3. The summed E-state index contributed by atoms with van der Waals surface area (Å²) in [7, 11) is 0.543. The second-order valence-corrected chi connectivity index (χ2v) is 8.20. The van der Waals surface area contributed by atoms with Gasteiger partial charge >= 0.3 is 14.5 Å². The normalized spacial score (nSPS) is 34.5. The molecule has 1 rings (SSSR count). The van der Waals surface area contributed by atoms with E-state index >= 15 is 0 Å². The molecule has 2 atom stereocenters. The maximum Gasteiger partial charge on any atom is 0.377 e. The number of hydrogen-bond donors (Lipinski definition) is 0. The van der Waals surface area contributed by atoms with Gasteiger partial charge in [0.25, 0.3) is 0 Å². The van der Waals surface area contributed by atoms with Crippen LogP contribution in [0, 0.1) is 0 Å². The van der Waals surface area contributed by atoms with E-state index in [0.29, 0.717) is 6.42 Å². The summed E-state index contributed by atoms with van der Waals surface area (Å²) < 4.78 is 58.1. The van der Waals surface area contributed by atoms with Crippen LogP contribution in [0.4, 0.5) is 13.2 Å². The molecular formula is C11H21F3O3Si. The Bertz CT molecular complexity index is 287. The average molecular weight is 286 g/mol. The molecular weight excluding hydrogens is 265 g/mol. The molecule has 0 aromatic rings. The number of alkyl halides is 3. The number of rotatable bonds is 5. The van der Waals surface area contributed by atoms with Crippen LogP contribution in [-0.4, -0.2) is 47.2 Å². The topological polar surface area (TPSA) is 27.7 Å². The molecule has 2 unspecified atom stereocenters. The Hall–Kier alpha value is -0.113. The average Bonchev–Trinajstić information content (AvgIpc) is 2.36. The maximum atomic E-state index is 14.3. The highest BCUT2D eigenvalue weighted by atomic mass is 28.4. The first kappa shape index (κ1) is 15.9. The van der Waals surface area contributed by atoms with E-state index in [1.54, 1.807) is 6.92 Å². The minimum atomic E-state index is -3.59. The predicted molar refractivity (Wildman–Crippen MR) is 63.7 cm³/mol. The molecule has 1 heterocycles. The monoisotopic (exact) mass is 286 g/mol. The van der Waals surface area contributed by atoms with Crippen LogP contribution < -0.4 is 0 Å². The van der Waals surface area contributed by atoms with Gasteiger partial charge in [0.2, 0.25) is 0 Å². The van der Waals surface area contributed by atoms with Gasteiger partial charge in [0, 0.05) is 21.3 Å². The summed E-state index contributed by atoms with van der Waals surface area (Å²) in [6, 6.07) is 0.171. The van der Waals surface area contributed by atoms with Gasteiger partial charge in [-0.05, 0) is 18.9 Å². The first-order valence-electron chi connectivity index (χ1n) is 6.04. The van der Waals surface area contributed by atoms with Crippen molar-refractivity contribution in [1.29, 1.82) is 0 Å². The molecule has 108 valence electrons. The number of methoxy groups -OCH3 is 1. The molecule has 0 amide bonds. The van der Waals surface area contributed by atoms with Crippen LogP contribution >= 0.6 is 0 Å². The van der Waals surface area contributed by atoms with Gasteiger partial charge in [0.05, 0.1) is 0 Å². The van der Waals surface area contributed by atoms with Gasteiger partial charge in [-0.15, -0.1) is 0 Å². The van der Waals surface area contributed by atoms with Gasteiger partial charge in [-0.1, -0.05) is 13.3 Å². The molecule has 3 nitrogen and oxygen atoms in total. The lowest BCUT2D eigenvalue weighted by atomic mass is 10.00. The Morgan fingerprint density at radius 3 is 2.17 bits per heavy atom. The van der Waals surface area contributed by atoms with Gasteiger partial charge in [-0.3, -0.25) is 0 Å². The molecule has 18 heavy (non-hydrogen) atoms.